The molecule has 0 unspecified atom stereocenters. The molecular formula is C17H18N6O2S. The van der Waals surface area contributed by atoms with Crippen molar-refractivity contribution in [3.8, 4) is 0 Å². The van der Waals surface area contributed by atoms with E-state index in [1.807, 2.05) is 38.1 Å². The SMILES string of the molecule is CCc1ccc(Nc2ncnc(Nc3nc(C)c(C)s3)c2[N+](=O)[O-])cc1. The van der Waals surface area contributed by atoms with Gasteiger partial charge in [0.05, 0.1) is 10.6 Å². The third-order valence-electron chi connectivity index (χ3n) is 3.88. The maximum absolute atomic E-state index is 11.6. The number of rotatable bonds is 6. The quantitative estimate of drug-likeness (QED) is 0.486. The van der Waals surface area contributed by atoms with Crippen molar-refractivity contribution >= 4 is 39.5 Å². The summed E-state index contributed by atoms with van der Waals surface area (Å²) in [5, 5.41) is 18.1. The Morgan fingerprint density at radius 2 is 1.77 bits per heavy atom. The molecule has 0 amide bonds. The van der Waals surface area contributed by atoms with Crippen molar-refractivity contribution < 1.29 is 4.92 Å². The molecule has 3 aromatic rings. The smallest absolute Gasteiger partial charge is 0.334 e. The summed E-state index contributed by atoms with van der Waals surface area (Å²) in [5.74, 6) is 0.230. The van der Waals surface area contributed by atoms with Crippen LogP contribution in [0.5, 0.6) is 0 Å². The molecule has 0 atom stereocenters. The molecule has 2 N–H and O–H groups in total. The Kier molecular flexibility index (Phi) is 5.08. The Hall–Kier alpha value is -3.07. The molecule has 0 fully saturated rings. The molecule has 0 saturated carbocycles. The lowest BCUT2D eigenvalue weighted by molar-refractivity contribution is -0.383. The molecule has 0 aliphatic carbocycles. The maximum Gasteiger partial charge on any atom is 0.353 e. The van der Waals surface area contributed by atoms with Crippen LogP contribution in [-0.2, 0) is 6.42 Å². The number of aromatic nitrogens is 3. The van der Waals surface area contributed by atoms with E-state index in [0.29, 0.717) is 5.13 Å². The highest BCUT2D eigenvalue weighted by Crippen LogP contribution is 2.34. The van der Waals surface area contributed by atoms with Gasteiger partial charge in [0.2, 0.25) is 11.6 Å². The Bertz CT molecular complexity index is 919. The largest absolute Gasteiger partial charge is 0.353 e. The van der Waals surface area contributed by atoms with Gasteiger partial charge in [-0.25, -0.2) is 15.0 Å². The molecule has 3 rings (SSSR count). The van der Waals surface area contributed by atoms with Gasteiger partial charge in [-0.2, -0.15) is 0 Å². The molecular weight excluding hydrogens is 352 g/mol. The van der Waals surface area contributed by atoms with Gasteiger partial charge in [0, 0.05) is 10.6 Å². The Labute approximate surface area is 154 Å². The van der Waals surface area contributed by atoms with Crippen LogP contribution in [0, 0.1) is 24.0 Å². The van der Waals surface area contributed by atoms with Gasteiger partial charge in [-0.3, -0.25) is 10.1 Å². The molecule has 0 aliphatic rings. The Morgan fingerprint density at radius 1 is 1.12 bits per heavy atom. The summed E-state index contributed by atoms with van der Waals surface area (Å²) in [4.78, 5) is 24.6. The van der Waals surface area contributed by atoms with Crippen LogP contribution in [0.2, 0.25) is 0 Å². The summed E-state index contributed by atoms with van der Waals surface area (Å²) in [7, 11) is 0. The van der Waals surface area contributed by atoms with Gasteiger partial charge in [0.1, 0.15) is 6.33 Å². The molecule has 26 heavy (non-hydrogen) atoms. The number of hydrogen-bond donors (Lipinski definition) is 2. The van der Waals surface area contributed by atoms with Crippen molar-refractivity contribution in [2.24, 2.45) is 0 Å². The van der Waals surface area contributed by atoms with Crippen molar-refractivity contribution in [2.45, 2.75) is 27.2 Å². The fraction of sp³-hybridized carbons (Fsp3) is 0.235. The molecule has 0 spiro atoms. The van der Waals surface area contributed by atoms with Crippen molar-refractivity contribution in [1.29, 1.82) is 0 Å². The first-order valence-electron chi connectivity index (χ1n) is 8.04. The van der Waals surface area contributed by atoms with Gasteiger partial charge in [-0.05, 0) is 38.0 Å². The summed E-state index contributed by atoms with van der Waals surface area (Å²) in [6.45, 7) is 5.90. The van der Waals surface area contributed by atoms with E-state index in [0.717, 1.165) is 22.7 Å². The molecule has 134 valence electrons. The molecule has 8 nitrogen and oxygen atoms in total. The second-order valence-electron chi connectivity index (χ2n) is 5.64. The molecule has 0 saturated heterocycles. The summed E-state index contributed by atoms with van der Waals surface area (Å²) in [6.07, 6.45) is 2.21. The summed E-state index contributed by atoms with van der Waals surface area (Å²) in [6, 6.07) is 7.67. The van der Waals surface area contributed by atoms with Crippen LogP contribution in [0.4, 0.5) is 28.1 Å². The lowest BCUT2D eigenvalue weighted by atomic mass is 10.1. The molecule has 0 radical (unpaired) electrons. The lowest BCUT2D eigenvalue weighted by Gasteiger charge is -2.09. The van der Waals surface area contributed by atoms with E-state index in [1.165, 1.54) is 23.2 Å². The average molecular weight is 370 g/mol. The second-order valence-corrected chi connectivity index (χ2v) is 6.84. The highest BCUT2D eigenvalue weighted by molar-refractivity contribution is 7.15. The summed E-state index contributed by atoms with van der Waals surface area (Å²) < 4.78 is 0. The molecule has 0 bridgehead atoms. The number of hydrogen-bond acceptors (Lipinski definition) is 8. The minimum Gasteiger partial charge on any atom is -0.334 e. The van der Waals surface area contributed by atoms with E-state index in [2.05, 4.69) is 32.5 Å². The first-order valence-corrected chi connectivity index (χ1v) is 8.86. The van der Waals surface area contributed by atoms with E-state index in [-0.39, 0.29) is 17.3 Å². The predicted octanol–water partition coefficient (Wildman–Crippen LogP) is 4.51. The van der Waals surface area contributed by atoms with Crippen LogP contribution in [0.25, 0.3) is 0 Å². The number of anilines is 4. The first-order chi connectivity index (χ1) is 12.5. The Balaban J connectivity index is 1.93. The standard InChI is InChI=1S/C17H18N6O2S/c1-4-12-5-7-13(8-6-12)21-15-14(23(24)25)16(19-9-18-15)22-17-20-10(2)11(3)26-17/h5-9H,4H2,1-3H3,(H2,18,19,20,21,22). The average Bonchev–Trinajstić information content (AvgIpc) is 2.93. The first kappa shape index (κ1) is 17.7. The van der Waals surface area contributed by atoms with Crippen LogP contribution < -0.4 is 10.6 Å². The normalized spacial score (nSPS) is 10.6. The number of nitrogens with one attached hydrogen (secondary N) is 2. The Morgan fingerprint density at radius 3 is 2.31 bits per heavy atom. The highest BCUT2D eigenvalue weighted by atomic mass is 32.1. The fourth-order valence-electron chi connectivity index (χ4n) is 2.32. The van der Waals surface area contributed by atoms with Gasteiger partial charge in [-0.1, -0.05) is 19.1 Å². The summed E-state index contributed by atoms with van der Waals surface area (Å²) >= 11 is 1.42. The predicted molar refractivity (Wildman–Crippen MR) is 103 cm³/mol. The van der Waals surface area contributed by atoms with Crippen LogP contribution in [0.15, 0.2) is 30.6 Å². The van der Waals surface area contributed by atoms with E-state index >= 15 is 0 Å². The fourth-order valence-corrected chi connectivity index (χ4v) is 3.14. The van der Waals surface area contributed by atoms with E-state index in [4.69, 9.17) is 0 Å². The van der Waals surface area contributed by atoms with Crippen molar-refractivity contribution in [1.82, 2.24) is 15.0 Å². The summed E-state index contributed by atoms with van der Waals surface area (Å²) in [5.41, 5.74) is 2.56. The van der Waals surface area contributed by atoms with Crippen LogP contribution in [-0.4, -0.2) is 19.9 Å². The van der Waals surface area contributed by atoms with Gasteiger partial charge >= 0.3 is 5.69 Å². The van der Waals surface area contributed by atoms with Gasteiger partial charge < -0.3 is 10.6 Å². The molecule has 0 aliphatic heterocycles. The third kappa shape index (κ3) is 3.77. The lowest BCUT2D eigenvalue weighted by Crippen LogP contribution is -2.05. The second kappa shape index (κ2) is 7.44. The molecule has 2 aromatic heterocycles. The van der Waals surface area contributed by atoms with Crippen molar-refractivity contribution in [2.75, 3.05) is 10.6 Å². The number of nitrogens with zero attached hydrogens (tertiary/aromatic N) is 4. The zero-order valence-corrected chi connectivity index (χ0v) is 15.4. The van der Waals surface area contributed by atoms with Crippen molar-refractivity contribution in [3.63, 3.8) is 0 Å². The zero-order valence-electron chi connectivity index (χ0n) is 14.6. The van der Waals surface area contributed by atoms with Gasteiger partial charge in [0.25, 0.3) is 0 Å². The minimum absolute atomic E-state index is 0.103. The van der Waals surface area contributed by atoms with Crippen LogP contribution in [0.1, 0.15) is 23.1 Å². The van der Waals surface area contributed by atoms with Crippen molar-refractivity contribution in [3.05, 3.63) is 56.8 Å². The van der Waals surface area contributed by atoms with E-state index in [1.54, 1.807) is 0 Å². The zero-order chi connectivity index (χ0) is 18.7. The van der Waals surface area contributed by atoms with Gasteiger partial charge in [0.15, 0.2) is 5.13 Å². The molecule has 1 aromatic carbocycles. The number of benzene rings is 1. The topological polar surface area (TPSA) is 106 Å². The third-order valence-corrected chi connectivity index (χ3v) is 4.87. The van der Waals surface area contributed by atoms with Crippen LogP contribution in [0.3, 0.4) is 0 Å². The number of nitro groups is 1. The molecule has 9 heteroatoms. The monoisotopic (exact) mass is 370 g/mol. The van der Waals surface area contributed by atoms with E-state index in [9.17, 15) is 10.1 Å². The number of thiazole rings is 1. The highest BCUT2D eigenvalue weighted by Gasteiger charge is 2.24. The van der Waals surface area contributed by atoms with E-state index < -0.39 is 4.92 Å². The molecule has 2 heterocycles. The number of aryl methyl sites for hydroxylation is 3. The maximum atomic E-state index is 11.6. The van der Waals surface area contributed by atoms with Gasteiger partial charge in [-0.15, -0.1) is 11.3 Å². The minimum atomic E-state index is -0.502. The van der Waals surface area contributed by atoms with Crippen LogP contribution >= 0.6 is 11.3 Å².